The second kappa shape index (κ2) is 16.4. The van der Waals surface area contributed by atoms with E-state index in [-0.39, 0.29) is 23.2 Å². The fraction of sp³-hybridized carbons (Fsp3) is 0.459. The van der Waals surface area contributed by atoms with Crippen molar-refractivity contribution in [3.05, 3.63) is 107 Å². The van der Waals surface area contributed by atoms with E-state index in [0.717, 1.165) is 48.6 Å². The van der Waals surface area contributed by atoms with Crippen molar-refractivity contribution in [3.63, 3.8) is 0 Å². The molecule has 7 nitrogen and oxygen atoms in total. The topological polar surface area (TPSA) is 97.7 Å². The van der Waals surface area contributed by atoms with Gasteiger partial charge in [0.1, 0.15) is 17.1 Å². The van der Waals surface area contributed by atoms with Crippen molar-refractivity contribution in [2.75, 3.05) is 13.1 Å². The second-order valence-electron chi connectivity index (χ2n) is 12.3. The molecule has 2 heterocycles. The monoisotopic (exact) mass is 599 g/mol. The number of fused-ring (bicyclic) bond motifs is 1. The Morgan fingerprint density at radius 1 is 1.16 bits per heavy atom. The van der Waals surface area contributed by atoms with Gasteiger partial charge < -0.3 is 15.5 Å². The van der Waals surface area contributed by atoms with Crippen LogP contribution in [0.2, 0.25) is 0 Å². The first kappa shape index (κ1) is 34.8. The third kappa shape index (κ3) is 9.93. The molecule has 238 valence electrons. The predicted molar refractivity (Wildman–Crippen MR) is 181 cm³/mol. The van der Waals surface area contributed by atoms with Gasteiger partial charge in [0.15, 0.2) is 0 Å². The number of aryl methyl sites for hydroxylation is 1. The van der Waals surface area contributed by atoms with Crippen molar-refractivity contribution in [1.29, 1.82) is 0 Å². The molecule has 44 heavy (non-hydrogen) atoms. The summed E-state index contributed by atoms with van der Waals surface area (Å²) in [6.07, 6.45) is 7.32. The molecule has 0 aliphatic carbocycles. The summed E-state index contributed by atoms with van der Waals surface area (Å²) in [6.45, 7) is 17.5. The lowest BCUT2D eigenvalue weighted by Gasteiger charge is -2.30. The first-order chi connectivity index (χ1) is 21.0. The Hall–Kier alpha value is -3.68. The maximum Gasteiger partial charge on any atom is 0.140 e. The molecule has 1 aliphatic heterocycles. The SMILES string of the molecule is CC.CCN(N)/C=C(\N)CCC(c1ccc(C)c(CN2Cc3cnccc3OC(C)(C)C2)c1)C(C)C(=O)Cc1ccccc1. The number of hydrogen-bond donors (Lipinski definition) is 2. The minimum absolute atomic E-state index is 0.0224. The van der Waals surface area contributed by atoms with Crippen molar-refractivity contribution in [1.82, 2.24) is 14.9 Å². The van der Waals surface area contributed by atoms with Crippen molar-refractivity contribution in [3.8, 4) is 5.75 Å². The fourth-order valence-corrected chi connectivity index (χ4v) is 5.82. The number of Topliss-reactive ketones (excluding diaryl/α,β-unsaturated/α-hetero) is 1. The third-order valence-electron chi connectivity index (χ3n) is 8.21. The van der Waals surface area contributed by atoms with Crippen LogP contribution in [0.3, 0.4) is 0 Å². The lowest BCUT2D eigenvalue weighted by molar-refractivity contribution is -0.122. The molecule has 2 aromatic carbocycles. The number of ether oxygens (including phenoxy) is 1. The minimum atomic E-state index is -0.335. The number of hydrogen-bond acceptors (Lipinski definition) is 7. The van der Waals surface area contributed by atoms with E-state index < -0.39 is 0 Å². The highest BCUT2D eigenvalue weighted by atomic mass is 16.5. The van der Waals surface area contributed by atoms with Crippen LogP contribution in [-0.2, 0) is 24.3 Å². The Balaban J connectivity index is 0.00000259. The average molecular weight is 600 g/mol. The Bertz CT molecular complexity index is 1370. The van der Waals surface area contributed by atoms with E-state index in [9.17, 15) is 4.79 Å². The highest BCUT2D eigenvalue weighted by Gasteiger charge is 2.30. The maximum atomic E-state index is 13.6. The van der Waals surface area contributed by atoms with E-state index in [1.54, 1.807) is 17.4 Å². The summed E-state index contributed by atoms with van der Waals surface area (Å²) in [7, 11) is 0. The van der Waals surface area contributed by atoms with Gasteiger partial charge in [-0.1, -0.05) is 69.3 Å². The van der Waals surface area contributed by atoms with Crippen molar-refractivity contribution in [2.24, 2.45) is 17.5 Å². The van der Waals surface area contributed by atoms with Gasteiger partial charge >= 0.3 is 0 Å². The zero-order valence-electron chi connectivity index (χ0n) is 27.8. The number of carbonyl (C=O) groups is 1. The number of carbonyl (C=O) groups excluding carboxylic acids is 1. The van der Waals surface area contributed by atoms with Gasteiger partial charge in [0.25, 0.3) is 0 Å². The highest BCUT2D eigenvalue weighted by Crippen LogP contribution is 2.34. The lowest BCUT2D eigenvalue weighted by Crippen LogP contribution is -2.40. The number of hydrazine groups is 1. The van der Waals surface area contributed by atoms with Crippen LogP contribution in [0.4, 0.5) is 0 Å². The highest BCUT2D eigenvalue weighted by molar-refractivity contribution is 5.83. The molecule has 1 aromatic heterocycles. The number of nitrogens with two attached hydrogens (primary N) is 2. The Labute approximate surface area is 265 Å². The number of allylic oxidation sites excluding steroid dienone is 1. The summed E-state index contributed by atoms with van der Waals surface area (Å²) in [4.78, 5) is 20.4. The van der Waals surface area contributed by atoms with Crippen LogP contribution in [0.25, 0.3) is 0 Å². The van der Waals surface area contributed by atoms with Gasteiger partial charge in [-0.15, -0.1) is 0 Å². The molecule has 2 atom stereocenters. The zero-order chi connectivity index (χ0) is 32.3. The standard InChI is InChI=1S/C35H47N5O2.C2H6/c1-6-40(37)23-31(36)14-15-32(26(3)33(41)18-27-10-8-7-9-11-27)28-13-12-25(2)29(19-28)21-39-22-30-20-38-17-16-34(30)42-35(4,5)24-39;1-2/h7-13,16-17,19-20,23,26,32H,6,14-15,18,21-22,24,36-37H2,1-5H3;1-2H3/b31-23-;. The van der Waals surface area contributed by atoms with Gasteiger partial charge in [-0.25, -0.2) is 5.84 Å². The number of rotatable bonds is 12. The first-order valence-electron chi connectivity index (χ1n) is 16.0. The second-order valence-corrected chi connectivity index (χ2v) is 12.3. The molecule has 0 saturated heterocycles. The number of nitrogens with zero attached hydrogens (tertiary/aromatic N) is 3. The van der Waals surface area contributed by atoms with Crippen LogP contribution in [0, 0.1) is 12.8 Å². The summed E-state index contributed by atoms with van der Waals surface area (Å²) in [5.41, 5.74) is 12.5. The lowest BCUT2D eigenvalue weighted by atomic mass is 9.79. The van der Waals surface area contributed by atoms with Gasteiger partial charge in [0, 0.05) is 68.4 Å². The quantitative estimate of drug-likeness (QED) is 0.173. The smallest absolute Gasteiger partial charge is 0.140 e. The summed E-state index contributed by atoms with van der Waals surface area (Å²) in [5.74, 6) is 6.97. The normalized spacial score (nSPS) is 16.0. The van der Waals surface area contributed by atoms with Crippen molar-refractivity contribution >= 4 is 5.78 Å². The fourth-order valence-electron chi connectivity index (χ4n) is 5.82. The molecular formula is C37H53N5O2. The van der Waals surface area contributed by atoms with Crippen LogP contribution < -0.4 is 16.3 Å². The molecule has 0 bridgehead atoms. The first-order valence-corrected chi connectivity index (χ1v) is 16.0. The van der Waals surface area contributed by atoms with E-state index in [1.807, 2.05) is 63.4 Å². The van der Waals surface area contributed by atoms with Crippen LogP contribution in [0.1, 0.15) is 88.1 Å². The molecule has 0 fully saturated rings. The molecular weight excluding hydrogens is 546 g/mol. The molecule has 4 N–H and O–H groups in total. The van der Waals surface area contributed by atoms with Crippen molar-refractivity contribution < 1.29 is 9.53 Å². The molecule has 4 rings (SSSR count). The summed E-state index contributed by atoms with van der Waals surface area (Å²) in [6, 6.07) is 18.6. The Morgan fingerprint density at radius 3 is 2.59 bits per heavy atom. The molecule has 1 aliphatic rings. The number of benzene rings is 2. The van der Waals surface area contributed by atoms with Gasteiger partial charge in [0.2, 0.25) is 0 Å². The van der Waals surface area contributed by atoms with E-state index >= 15 is 0 Å². The van der Waals surface area contributed by atoms with Gasteiger partial charge in [0.05, 0.1) is 0 Å². The van der Waals surface area contributed by atoms with Gasteiger partial charge in [-0.3, -0.25) is 14.7 Å². The predicted octanol–water partition coefficient (Wildman–Crippen LogP) is 6.90. The largest absolute Gasteiger partial charge is 0.486 e. The molecule has 0 amide bonds. The number of ketones is 1. The molecule has 0 spiro atoms. The summed E-state index contributed by atoms with van der Waals surface area (Å²) < 4.78 is 6.35. The molecule has 0 radical (unpaired) electrons. The molecule has 0 saturated carbocycles. The Morgan fingerprint density at radius 2 is 1.89 bits per heavy atom. The van der Waals surface area contributed by atoms with Gasteiger partial charge in [-0.05, 0) is 74.8 Å². The summed E-state index contributed by atoms with van der Waals surface area (Å²) >= 11 is 0. The Kier molecular flexibility index (Phi) is 13.0. The maximum absolute atomic E-state index is 13.6. The van der Waals surface area contributed by atoms with E-state index in [2.05, 4.69) is 55.8 Å². The molecule has 7 heteroatoms. The van der Waals surface area contributed by atoms with Crippen LogP contribution in [0.5, 0.6) is 5.75 Å². The average Bonchev–Trinajstić information content (AvgIpc) is 3.13. The van der Waals surface area contributed by atoms with Crippen molar-refractivity contribution in [2.45, 2.75) is 92.3 Å². The van der Waals surface area contributed by atoms with E-state index in [1.165, 1.54) is 16.7 Å². The minimum Gasteiger partial charge on any atom is -0.486 e. The zero-order valence-corrected chi connectivity index (χ0v) is 27.8. The third-order valence-corrected chi connectivity index (χ3v) is 8.21. The van der Waals surface area contributed by atoms with Crippen LogP contribution in [-0.4, -0.2) is 39.4 Å². The van der Waals surface area contributed by atoms with E-state index in [0.29, 0.717) is 19.4 Å². The number of pyridine rings is 1. The van der Waals surface area contributed by atoms with Gasteiger partial charge in [-0.2, -0.15) is 0 Å². The molecule has 2 unspecified atom stereocenters. The number of aromatic nitrogens is 1. The summed E-state index contributed by atoms with van der Waals surface area (Å²) in [5, 5.41) is 1.60. The molecule has 3 aromatic rings. The van der Waals surface area contributed by atoms with Crippen LogP contribution in [0.15, 0.2) is 78.9 Å². The van der Waals surface area contributed by atoms with E-state index in [4.69, 9.17) is 16.3 Å². The van der Waals surface area contributed by atoms with Crippen LogP contribution >= 0.6 is 0 Å².